The molecule has 0 saturated carbocycles. The highest BCUT2D eigenvalue weighted by atomic mass is 16.5. The van der Waals surface area contributed by atoms with Crippen molar-refractivity contribution in [2.45, 2.75) is 31.5 Å². The van der Waals surface area contributed by atoms with Crippen molar-refractivity contribution in [2.24, 2.45) is 5.73 Å². The van der Waals surface area contributed by atoms with E-state index in [1.165, 1.54) is 10.8 Å². The Balaban J connectivity index is 1.79. The molecule has 2 unspecified atom stereocenters. The standard InChI is InChI=1S/C13H20N6O2/c1-21-11-2-3-18(10(5-11)6-14)7-9-4-12(20)19-13(17-9)15-8-16-19/h4,8,10-11H,2-3,5-7,14H2,1H3,(H,15,16,17). The van der Waals surface area contributed by atoms with Crippen LogP contribution in [0.2, 0.25) is 0 Å². The van der Waals surface area contributed by atoms with E-state index in [-0.39, 0.29) is 17.7 Å². The van der Waals surface area contributed by atoms with E-state index in [1.54, 1.807) is 13.2 Å². The van der Waals surface area contributed by atoms with Crippen molar-refractivity contribution >= 4 is 5.78 Å². The Bertz CT molecular complexity index is 666. The van der Waals surface area contributed by atoms with Crippen LogP contribution in [0, 0.1) is 0 Å². The molecule has 1 fully saturated rings. The Morgan fingerprint density at radius 3 is 3.19 bits per heavy atom. The van der Waals surface area contributed by atoms with Gasteiger partial charge in [-0.15, -0.1) is 0 Å². The fourth-order valence-corrected chi connectivity index (χ4v) is 2.89. The minimum Gasteiger partial charge on any atom is -0.381 e. The maximum atomic E-state index is 11.9. The predicted molar refractivity (Wildman–Crippen MR) is 76.9 cm³/mol. The Kier molecular flexibility index (Phi) is 4.00. The van der Waals surface area contributed by atoms with Crippen LogP contribution in [0.15, 0.2) is 17.2 Å². The van der Waals surface area contributed by atoms with E-state index in [9.17, 15) is 4.79 Å². The molecule has 0 aromatic carbocycles. The molecule has 0 bridgehead atoms. The van der Waals surface area contributed by atoms with Crippen molar-refractivity contribution in [3.05, 3.63) is 28.4 Å². The second kappa shape index (κ2) is 5.92. The predicted octanol–water partition coefficient (Wildman–Crippen LogP) is -0.644. The van der Waals surface area contributed by atoms with Gasteiger partial charge in [0.1, 0.15) is 6.33 Å². The minimum atomic E-state index is -0.149. The number of nitrogens with two attached hydrogens (primary N) is 1. The number of likely N-dealkylation sites (tertiary alicyclic amines) is 1. The number of nitrogens with one attached hydrogen (secondary N) is 1. The number of aromatic amines is 1. The molecule has 0 aliphatic carbocycles. The lowest BCUT2D eigenvalue weighted by Gasteiger charge is -2.38. The molecule has 8 nitrogen and oxygen atoms in total. The molecule has 8 heteroatoms. The zero-order valence-corrected chi connectivity index (χ0v) is 12.0. The lowest BCUT2D eigenvalue weighted by Crippen LogP contribution is -2.48. The molecule has 2 aromatic heterocycles. The number of piperidine rings is 1. The first-order chi connectivity index (χ1) is 10.2. The van der Waals surface area contributed by atoms with Gasteiger partial charge in [0.15, 0.2) is 0 Å². The molecule has 0 spiro atoms. The van der Waals surface area contributed by atoms with Crippen LogP contribution in [-0.4, -0.2) is 56.8 Å². The summed E-state index contributed by atoms with van der Waals surface area (Å²) >= 11 is 0. The van der Waals surface area contributed by atoms with E-state index < -0.39 is 0 Å². The molecule has 0 radical (unpaired) electrons. The zero-order chi connectivity index (χ0) is 14.8. The van der Waals surface area contributed by atoms with Crippen LogP contribution >= 0.6 is 0 Å². The third-order valence-corrected chi connectivity index (χ3v) is 4.08. The van der Waals surface area contributed by atoms with Gasteiger partial charge in [-0.3, -0.25) is 14.8 Å². The Hall–Kier alpha value is -1.77. The Labute approximate surface area is 121 Å². The summed E-state index contributed by atoms with van der Waals surface area (Å²) in [6.45, 7) is 2.07. The summed E-state index contributed by atoms with van der Waals surface area (Å²) in [6, 6.07) is 1.80. The van der Waals surface area contributed by atoms with Crippen LogP contribution in [-0.2, 0) is 11.3 Å². The van der Waals surface area contributed by atoms with Gasteiger partial charge in [-0.2, -0.15) is 4.52 Å². The molecule has 2 atom stereocenters. The van der Waals surface area contributed by atoms with Crippen molar-refractivity contribution in [3.8, 4) is 0 Å². The summed E-state index contributed by atoms with van der Waals surface area (Å²) in [5.74, 6) is 0.397. The molecule has 3 N–H and O–H groups in total. The number of ether oxygens (including phenoxy) is 1. The van der Waals surface area contributed by atoms with Crippen molar-refractivity contribution in [1.82, 2.24) is 24.5 Å². The van der Waals surface area contributed by atoms with Crippen LogP contribution in [0.4, 0.5) is 0 Å². The summed E-state index contributed by atoms with van der Waals surface area (Å²) in [7, 11) is 1.74. The van der Waals surface area contributed by atoms with E-state index in [2.05, 4.69) is 20.0 Å². The topological polar surface area (TPSA) is 102 Å². The third kappa shape index (κ3) is 2.82. The first-order valence-electron chi connectivity index (χ1n) is 7.10. The summed E-state index contributed by atoms with van der Waals surface area (Å²) < 4.78 is 6.74. The average Bonchev–Trinajstić information content (AvgIpc) is 2.96. The van der Waals surface area contributed by atoms with E-state index in [4.69, 9.17) is 10.5 Å². The van der Waals surface area contributed by atoms with Crippen LogP contribution in [0.3, 0.4) is 0 Å². The summed E-state index contributed by atoms with van der Waals surface area (Å²) in [6.07, 6.45) is 3.61. The second-order valence-corrected chi connectivity index (χ2v) is 5.35. The first kappa shape index (κ1) is 14.2. The number of methoxy groups -OCH3 is 1. The molecule has 1 aliphatic rings. The highest BCUT2D eigenvalue weighted by molar-refractivity contribution is 5.26. The third-order valence-electron chi connectivity index (χ3n) is 4.08. The molecular weight excluding hydrogens is 272 g/mol. The van der Waals surface area contributed by atoms with Crippen molar-refractivity contribution in [2.75, 3.05) is 20.2 Å². The number of H-pyrrole nitrogens is 1. The van der Waals surface area contributed by atoms with Gasteiger partial charge in [-0.05, 0) is 12.8 Å². The second-order valence-electron chi connectivity index (χ2n) is 5.35. The molecular formula is C13H20N6O2. The number of nitrogens with zero attached hydrogens (tertiary/aromatic N) is 4. The van der Waals surface area contributed by atoms with E-state index in [0.29, 0.717) is 18.9 Å². The highest BCUT2D eigenvalue weighted by Gasteiger charge is 2.27. The number of fused-ring (bicyclic) bond motifs is 1. The quantitative estimate of drug-likeness (QED) is 0.777. The SMILES string of the molecule is COC1CCN(Cc2cc(=O)n3[nH]cnc3n2)C(CN)C1. The normalized spacial score (nSPS) is 23.7. The van der Waals surface area contributed by atoms with E-state index in [0.717, 1.165) is 25.1 Å². The lowest BCUT2D eigenvalue weighted by molar-refractivity contribution is 0.00978. The first-order valence-corrected chi connectivity index (χ1v) is 7.10. The minimum absolute atomic E-state index is 0.149. The molecule has 0 amide bonds. The fraction of sp³-hybridized carbons (Fsp3) is 0.615. The summed E-state index contributed by atoms with van der Waals surface area (Å²) in [4.78, 5) is 22.6. The maximum absolute atomic E-state index is 11.9. The van der Waals surface area contributed by atoms with Crippen molar-refractivity contribution in [3.63, 3.8) is 0 Å². The monoisotopic (exact) mass is 292 g/mol. The Morgan fingerprint density at radius 1 is 1.57 bits per heavy atom. The molecule has 1 saturated heterocycles. The molecule has 21 heavy (non-hydrogen) atoms. The van der Waals surface area contributed by atoms with Crippen molar-refractivity contribution < 1.29 is 4.74 Å². The Morgan fingerprint density at radius 2 is 2.43 bits per heavy atom. The van der Waals surface area contributed by atoms with Gasteiger partial charge in [-0.1, -0.05) is 0 Å². The fourth-order valence-electron chi connectivity index (χ4n) is 2.89. The van der Waals surface area contributed by atoms with Gasteiger partial charge in [-0.25, -0.2) is 9.97 Å². The molecule has 3 rings (SSSR count). The molecule has 2 aromatic rings. The van der Waals surface area contributed by atoms with Gasteiger partial charge in [0.2, 0.25) is 0 Å². The maximum Gasteiger partial charge on any atom is 0.274 e. The largest absolute Gasteiger partial charge is 0.381 e. The van der Waals surface area contributed by atoms with Gasteiger partial charge in [0.25, 0.3) is 11.3 Å². The summed E-state index contributed by atoms with van der Waals surface area (Å²) in [5.41, 5.74) is 6.44. The number of hydrogen-bond acceptors (Lipinski definition) is 6. The highest BCUT2D eigenvalue weighted by Crippen LogP contribution is 2.20. The zero-order valence-electron chi connectivity index (χ0n) is 12.0. The van der Waals surface area contributed by atoms with Crippen LogP contribution in [0.25, 0.3) is 5.78 Å². The van der Waals surface area contributed by atoms with Crippen LogP contribution in [0.1, 0.15) is 18.5 Å². The van der Waals surface area contributed by atoms with Gasteiger partial charge >= 0.3 is 0 Å². The van der Waals surface area contributed by atoms with Gasteiger partial charge in [0, 0.05) is 38.9 Å². The van der Waals surface area contributed by atoms with E-state index in [1.807, 2.05) is 0 Å². The van der Waals surface area contributed by atoms with Crippen molar-refractivity contribution in [1.29, 1.82) is 0 Å². The summed E-state index contributed by atoms with van der Waals surface area (Å²) in [5, 5.41) is 2.73. The molecule has 1 aliphatic heterocycles. The van der Waals surface area contributed by atoms with Gasteiger partial charge < -0.3 is 10.5 Å². The average molecular weight is 292 g/mol. The number of rotatable bonds is 4. The number of aromatic nitrogens is 4. The lowest BCUT2D eigenvalue weighted by atomic mass is 9.99. The van der Waals surface area contributed by atoms with Crippen LogP contribution < -0.4 is 11.3 Å². The smallest absolute Gasteiger partial charge is 0.274 e. The molecule has 114 valence electrons. The molecule has 3 heterocycles. The van der Waals surface area contributed by atoms with E-state index >= 15 is 0 Å². The van der Waals surface area contributed by atoms with Gasteiger partial charge in [0.05, 0.1) is 11.8 Å². The van der Waals surface area contributed by atoms with Crippen LogP contribution in [0.5, 0.6) is 0 Å². The number of hydrogen-bond donors (Lipinski definition) is 2.